The third kappa shape index (κ3) is 3.48. The van der Waals surface area contributed by atoms with Gasteiger partial charge >= 0.3 is 5.97 Å². The van der Waals surface area contributed by atoms with Gasteiger partial charge in [0.1, 0.15) is 11.5 Å². The normalized spacial score (nSPS) is 11.3. The Hall–Kier alpha value is -3.37. The Morgan fingerprint density at radius 1 is 1.00 bits per heavy atom. The second kappa shape index (κ2) is 7.09. The van der Waals surface area contributed by atoms with Gasteiger partial charge in [0.05, 0.1) is 21.8 Å². The number of aromatic nitrogens is 1. The minimum absolute atomic E-state index is 0.219. The fourth-order valence-corrected chi connectivity index (χ4v) is 3.10. The van der Waals surface area contributed by atoms with Crippen molar-refractivity contribution in [3.8, 4) is 11.3 Å². The van der Waals surface area contributed by atoms with Crippen molar-refractivity contribution in [3.05, 3.63) is 88.8 Å². The third-order valence-electron chi connectivity index (χ3n) is 4.15. The largest absolute Gasteiger partial charge is 0.478 e. The number of aromatic carboxylic acids is 1. The van der Waals surface area contributed by atoms with E-state index in [4.69, 9.17) is 16.0 Å². The predicted molar refractivity (Wildman–Crippen MR) is 107 cm³/mol. The number of pyridine rings is 1. The first kappa shape index (κ1) is 17.1. The third-order valence-corrected chi connectivity index (χ3v) is 4.48. The standard InChI is InChI=1S/C22H14ClNO3/c23-19-7-3-1-6-17(19)21-12-11-15(27-21)10-9-14-13-18(22(25)26)16-5-2-4-8-20(16)24-14/h1-13H,(H,25,26). The minimum Gasteiger partial charge on any atom is -0.478 e. The molecule has 0 aliphatic carbocycles. The molecule has 4 nitrogen and oxygen atoms in total. The van der Waals surface area contributed by atoms with Gasteiger partial charge in [-0.1, -0.05) is 41.9 Å². The molecule has 2 heterocycles. The van der Waals surface area contributed by atoms with Crippen LogP contribution in [0.25, 0.3) is 34.4 Å². The number of hydrogen-bond acceptors (Lipinski definition) is 3. The van der Waals surface area contributed by atoms with Gasteiger partial charge in [0.25, 0.3) is 0 Å². The van der Waals surface area contributed by atoms with Gasteiger partial charge in [0.2, 0.25) is 0 Å². The number of halogens is 1. The highest BCUT2D eigenvalue weighted by atomic mass is 35.5. The van der Waals surface area contributed by atoms with Crippen LogP contribution >= 0.6 is 11.6 Å². The summed E-state index contributed by atoms with van der Waals surface area (Å²) in [6, 6.07) is 19.8. The van der Waals surface area contributed by atoms with Crippen LogP contribution in [0.15, 0.2) is 71.1 Å². The molecule has 0 fully saturated rings. The lowest BCUT2D eigenvalue weighted by Gasteiger charge is -2.03. The first-order chi connectivity index (χ1) is 13.1. The van der Waals surface area contributed by atoms with Gasteiger partial charge in [0.15, 0.2) is 0 Å². The number of hydrogen-bond donors (Lipinski definition) is 1. The summed E-state index contributed by atoms with van der Waals surface area (Å²) in [6.07, 6.45) is 3.48. The zero-order chi connectivity index (χ0) is 18.8. The second-order valence-electron chi connectivity index (χ2n) is 5.93. The molecule has 27 heavy (non-hydrogen) atoms. The van der Waals surface area contributed by atoms with Gasteiger partial charge in [-0.15, -0.1) is 0 Å². The summed E-state index contributed by atoms with van der Waals surface area (Å²) in [7, 11) is 0. The highest BCUT2D eigenvalue weighted by Crippen LogP contribution is 2.29. The van der Waals surface area contributed by atoms with E-state index in [0.29, 0.717) is 33.1 Å². The Labute approximate surface area is 160 Å². The number of fused-ring (bicyclic) bond motifs is 1. The van der Waals surface area contributed by atoms with E-state index < -0.39 is 5.97 Å². The summed E-state index contributed by atoms with van der Waals surface area (Å²) in [5, 5.41) is 10.7. The van der Waals surface area contributed by atoms with Crippen LogP contribution in [-0.4, -0.2) is 16.1 Å². The predicted octanol–water partition coefficient (Wildman–Crippen LogP) is 6.02. The molecule has 0 amide bonds. The SMILES string of the molecule is O=C(O)c1cc(C=Cc2ccc(-c3ccccc3Cl)o2)nc2ccccc12. The summed E-state index contributed by atoms with van der Waals surface area (Å²) in [5.41, 5.74) is 2.21. The van der Waals surface area contributed by atoms with E-state index in [1.807, 2.05) is 36.4 Å². The fourth-order valence-electron chi connectivity index (χ4n) is 2.87. The number of benzene rings is 2. The van der Waals surface area contributed by atoms with E-state index in [9.17, 15) is 9.90 Å². The van der Waals surface area contributed by atoms with Crippen LogP contribution in [0.1, 0.15) is 21.8 Å². The van der Waals surface area contributed by atoms with E-state index >= 15 is 0 Å². The molecule has 0 atom stereocenters. The van der Waals surface area contributed by atoms with Crippen LogP contribution in [0.3, 0.4) is 0 Å². The number of para-hydroxylation sites is 1. The number of rotatable bonds is 4. The van der Waals surface area contributed by atoms with Gasteiger partial charge in [-0.05, 0) is 48.6 Å². The number of nitrogens with zero attached hydrogens (tertiary/aromatic N) is 1. The van der Waals surface area contributed by atoms with Crippen LogP contribution in [-0.2, 0) is 0 Å². The lowest BCUT2D eigenvalue weighted by atomic mass is 10.1. The lowest BCUT2D eigenvalue weighted by Crippen LogP contribution is -2.00. The Morgan fingerprint density at radius 3 is 2.59 bits per heavy atom. The Morgan fingerprint density at radius 2 is 1.78 bits per heavy atom. The van der Waals surface area contributed by atoms with Crippen LogP contribution < -0.4 is 0 Å². The van der Waals surface area contributed by atoms with Crippen LogP contribution in [0, 0.1) is 0 Å². The number of carboxylic acids is 1. The summed E-state index contributed by atoms with van der Waals surface area (Å²) in [4.78, 5) is 16.1. The Balaban J connectivity index is 1.68. The van der Waals surface area contributed by atoms with Crippen molar-refractivity contribution in [1.29, 1.82) is 0 Å². The topological polar surface area (TPSA) is 63.3 Å². The fraction of sp³-hybridized carbons (Fsp3) is 0. The van der Waals surface area contributed by atoms with Crippen molar-refractivity contribution in [2.75, 3.05) is 0 Å². The molecular formula is C22H14ClNO3. The molecule has 132 valence electrons. The van der Waals surface area contributed by atoms with E-state index in [-0.39, 0.29) is 5.56 Å². The van der Waals surface area contributed by atoms with Crippen molar-refractivity contribution in [2.45, 2.75) is 0 Å². The van der Waals surface area contributed by atoms with Gasteiger partial charge in [-0.2, -0.15) is 0 Å². The van der Waals surface area contributed by atoms with E-state index in [2.05, 4.69) is 4.98 Å². The average Bonchev–Trinajstić information content (AvgIpc) is 3.14. The monoisotopic (exact) mass is 375 g/mol. The number of furan rings is 1. The number of carbonyl (C=O) groups is 1. The maximum Gasteiger partial charge on any atom is 0.336 e. The van der Waals surface area contributed by atoms with Crippen LogP contribution in [0.5, 0.6) is 0 Å². The van der Waals surface area contributed by atoms with Gasteiger partial charge in [-0.25, -0.2) is 9.78 Å². The van der Waals surface area contributed by atoms with Crippen molar-refractivity contribution in [1.82, 2.24) is 4.98 Å². The summed E-state index contributed by atoms with van der Waals surface area (Å²) >= 11 is 6.20. The Bertz CT molecular complexity index is 1180. The zero-order valence-corrected chi connectivity index (χ0v) is 14.9. The summed E-state index contributed by atoms with van der Waals surface area (Å²) < 4.78 is 5.82. The zero-order valence-electron chi connectivity index (χ0n) is 14.1. The minimum atomic E-state index is -0.984. The smallest absolute Gasteiger partial charge is 0.336 e. The van der Waals surface area contributed by atoms with Gasteiger partial charge in [0, 0.05) is 10.9 Å². The first-order valence-corrected chi connectivity index (χ1v) is 8.65. The maximum absolute atomic E-state index is 11.6. The Kier molecular flexibility index (Phi) is 4.48. The van der Waals surface area contributed by atoms with Crippen molar-refractivity contribution in [3.63, 3.8) is 0 Å². The molecule has 0 aliphatic rings. The van der Waals surface area contributed by atoms with Crippen molar-refractivity contribution in [2.24, 2.45) is 0 Å². The molecule has 0 unspecified atom stereocenters. The van der Waals surface area contributed by atoms with Crippen LogP contribution in [0.2, 0.25) is 5.02 Å². The van der Waals surface area contributed by atoms with E-state index in [1.54, 1.807) is 42.5 Å². The highest BCUT2D eigenvalue weighted by molar-refractivity contribution is 6.33. The summed E-state index contributed by atoms with van der Waals surface area (Å²) in [5.74, 6) is 0.303. The first-order valence-electron chi connectivity index (χ1n) is 8.28. The number of carboxylic acid groups (broad SMARTS) is 1. The van der Waals surface area contributed by atoms with E-state index in [1.165, 1.54) is 0 Å². The molecule has 0 saturated carbocycles. The molecule has 1 N–H and O–H groups in total. The van der Waals surface area contributed by atoms with E-state index in [0.717, 1.165) is 5.56 Å². The molecular weight excluding hydrogens is 362 g/mol. The molecule has 0 spiro atoms. The van der Waals surface area contributed by atoms with Crippen molar-refractivity contribution < 1.29 is 14.3 Å². The molecule has 0 bridgehead atoms. The molecule has 0 radical (unpaired) electrons. The molecule has 4 aromatic rings. The molecule has 4 rings (SSSR count). The lowest BCUT2D eigenvalue weighted by molar-refractivity contribution is 0.0699. The average molecular weight is 376 g/mol. The maximum atomic E-state index is 11.6. The highest BCUT2D eigenvalue weighted by Gasteiger charge is 2.11. The van der Waals surface area contributed by atoms with Crippen LogP contribution in [0.4, 0.5) is 0 Å². The van der Waals surface area contributed by atoms with Gasteiger partial charge < -0.3 is 9.52 Å². The van der Waals surface area contributed by atoms with Crippen molar-refractivity contribution >= 4 is 40.6 Å². The molecule has 0 aliphatic heterocycles. The summed E-state index contributed by atoms with van der Waals surface area (Å²) in [6.45, 7) is 0. The molecule has 0 saturated heterocycles. The molecule has 2 aromatic heterocycles. The second-order valence-corrected chi connectivity index (χ2v) is 6.34. The molecule has 2 aromatic carbocycles. The quantitative estimate of drug-likeness (QED) is 0.474. The molecule has 5 heteroatoms. The van der Waals surface area contributed by atoms with Gasteiger partial charge in [-0.3, -0.25) is 0 Å².